The summed E-state index contributed by atoms with van der Waals surface area (Å²) in [5.41, 5.74) is 2.33. The minimum atomic E-state index is 0.0355. The molecule has 2 nitrogen and oxygen atoms in total. The molecule has 0 aliphatic rings. The average Bonchev–Trinajstić information content (AvgIpc) is 2.21. The lowest BCUT2D eigenvalue weighted by Crippen LogP contribution is -2.01. The molecule has 2 rings (SSSR count). The molecule has 0 bridgehead atoms. The van der Waals surface area contributed by atoms with E-state index >= 15 is 0 Å². The Morgan fingerprint density at radius 2 is 1.50 bits per heavy atom. The Bertz CT molecular complexity index is 462. The first-order valence-electron chi connectivity index (χ1n) is 4.51. The third kappa shape index (κ3) is 1.74. The van der Waals surface area contributed by atoms with E-state index in [1.54, 1.807) is 24.5 Å². The molecule has 1 aromatic heterocycles. The second kappa shape index (κ2) is 3.50. The summed E-state index contributed by atoms with van der Waals surface area (Å²) in [5.74, 6) is 0. The van der Waals surface area contributed by atoms with Crippen molar-refractivity contribution in [2.24, 2.45) is 0 Å². The van der Waals surface area contributed by atoms with Crippen LogP contribution in [0.4, 0.5) is 0 Å². The van der Waals surface area contributed by atoms with Crippen molar-refractivity contribution in [1.29, 1.82) is 0 Å². The number of rotatable bonds is 1. The molecule has 2 heteroatoms. The standard InChI is InChI=1S/C12H11NO/c1-10-2-4-11(5-3-10)13-8-6-12(14)7-9-13/h2-9H,1H3. The number of hydrogen-bond donors (Lipinski definition) is 0. The molecule has 0 fully saturated rings. The summed E-state index contributed by atoms with van der Waals surface area (Å²) in [5, 5.41) is 0. The van der Waals surface area contributed by atoms with E-state index in [1.807, 2.05) is 28.8 Å². The van der Waals surface area contributed by atoms with Crippen molar-refractivity contribution in [3.63, 3.8) is 0 Å². The van der Waals surface area contributed by atoms with Gasteiger partial charge in [0.1, 0.15) is 0 Å². The summed E-state index contributed by atoms with van der Waals surface area (Å²) in [4.78, 5) is 10.9. The van der Waals surface area contributed by atoms with Gasteiger partial charge in [-0.2, -0.15) is 0 Å². The highest BCUT2D eigenvalue weighted by Gasteiger charge is 1.92. The second-order valence-electron chi connectivity index (χ2n) is 3.28. The van der Waals surface area contributed by atoms with Gasteiger partial charge in [-0.25, -0.2) is 0 Å². The fourth-order valence-corrected chi connectivity index (χ4v) is 1.30. The van der Waals surface area contributed by atoms with Crippen LogP contribution in [-0.2, 0) is 0 Å². The number of nitrogens with zero attached hydrogens (tertiary/aromatic N) is 1. The maximum Gasteiger partial charge on any atom is 0.181 e. The van der Waals surface area contributed by atoms with Crippen molar-refractivity contribution < 1.29 is 0 Å². The zero-order chi connectivity index (χ0) is 9.97. The van der Waals surface area contributed by atoms with E-state index in [1.165, 1.54) is 5.56 Å². The monoisotopic (exact) mass is 185 g/mol. The lowest BCUT2D eigenvalue weighted by atomic mass is 10.2. The van der Waals surface area contributed by atoms with Crippen LogP contribution in [0.5, 0.6) is 0 Å². The molecule has 2 aromatic rings. The maximum atomic E-state index is 10.9. The molecule has 0 unspecified atom stereocenters. The topological polar surface area (TPSA) is 22.0 Å². The van der Waals surface area contributed by atoms with Gasteiger partial charge in [0.05, 0.1) is 0 Å². The van der Waals surface area contributed by atoms with Gasteiger partial charge in [0, 0.05) is 30.2 Å². The molecule has 0 spiro atoms. The molecule has 70 valence electrons. The van der Waals surface area contributed by atoms with E-state index in [2.05, 4.69) is 6.92 Å². The van der Waals surface area contributed by atoms with E-state index in [-0.39, 0.29) is 5.43 Å². The van der Waals surface area contributed by atoms with Gasteiger partial charge in [-0.05, 0) is 19.1 Å². The summed E-state index contributed by atoms with van der Waals surface area (Å²) in [6.45, 7) is 2.05. The number of aryl methyl sites for hydroxylation is 1. The Morgan fingerprint density at radius 3 is 2.07 bits per heavy atom. The Hall–Kier alpha value is -1.83. The summed E-state index contributed by atoms with van der Waals surface area (Å²) >= 11 is 0. The Morgan fingerprint density at radius 1 is 0.929 bits per heavy atom. The van der Waals surface area contributed by atoms with Crippen LogP contribution in [0.2, 0.25) is 0 Å². The predicted molar refractivity (Wildman–Crippen MR) is 56.8 cm³/mol. The van der Waals surface area contributed by atoms with Crippen LogP contribution in [0.1, 0.15) is 5.56 Å². The van der Waals surface area contributed by atoms with Crippen LogP contribution in [0.25, 0.3) is 5.69 Å². The smallest absolute Gasteiger partial charge is 0.181 e. The molecule has 1 heterocycles. The van der Waals surface area contributed by atoms with Gasteiger partial charge < -0.3 is 4.57 Å². The molecule has 0 aliphatic carbocycles. The fourth-order valence-electron chi connectivity index (χ4n) is 1.30. The first-order valence-corrected chi connectivity index (χ1v) is 4.51. The number of hydrogen-bond acceptors (Lipinski definition) is 1. The first-order chi connectivity index (χ1) is 6.75. The number of pyridine rings is 1. The molecule has 0 saturated carbocycles. The van der Waals surface area contributed by atoms with Crippen LogP contribution >= 0.6 is 0 Å². The van der Waals surface area contributed by atoms with E-state index in [9.17, 15) is 4.79 Å². The Balaban J connectivity index is 2.44. The average molecular weight is 185 g/mol. The minimum absolute atomic E-state index is 0.0355. The predicted octanol–water partition coefficient (Wildman–Crippen LogP) is 2.15. The van der Waals surface area contributed by atoms with Crippen LogP contribution in [0.15, 0.2) is 53.6 Å². The van der Waals surface area contributed by atoms with Gasteiger partial charge in [-0.1, -0.05) is 17.7 Å². The Labute approximate surface area is 82.4 Å². The maximum absolute atomic E-state index is 10.9. The SMILES string of the molecule is Cc1ccc(-n2ccc(=O)cc2)cc1. The normalized spacial score (nSPS) is 10.1. The summed E-state index contributed by atoms with van der Waals surface area (Å²) in [6.07, 6.45) is 3.54. The van der Waals surface area contributed by atoms with Crippen molar-refractivity contribution in [2.75, 3.05) is 0 Å². The van der Waals surface area contributed by atoms with Crippen LogP contribution in [0.3, 0.4) is 0 Å². The highest BCUT2D eigenvalue weighted by Crippen LogP contribution is 2.07. The fraction of sp³-hybridized carbons (Fsp3) is 0.0833. The van der Waals surface area contributed by atoms with Crippen LogP contribution in [0, 0.1) is 6.92 Å². The first kappa shape index (κ1) is 8.75. The number of aromatic nitrogens is 1. The lowest BCUT2D eigenvalue weighted by molar-refractivity contribution is 1.04. The molecular formula is C12H11NO. The van der Waals surface area contributed by atoms with E-state index < -0.39 is 0 Å². The summed E-state index contributed by atoms with van der Waals surface area (Å²) < 4.78 is 1.92. The largest absolute Gasteiger partial charge is 0.324 e. The van der Waals surface area contributed by atoms with Gasteiger partial charge in [0.25, 0.3) is 0 Å². The van der Waals surface area contributed by atoms with Crippen LogP contribution < -0.4 is 5.43 Å². The van der Waals surface area contributed by atoms with Crippen molar-refractivity contribution in [3.8, 4) is 5.69 Å². The highest BCUT2D eigenvalue weighted by molar-refractivity contribution is 5.34. The zero-order valence-electron chi connectivity index (χ0n) is 7.97. The van der Waals surface area contributed by atoms with E-state index in [0.717, 1.165) is 5.69 Å². The minimum Gasteiger partial charge on any atom is -0.324 e. The Kier molecular flexibility index (Phi) is 2.19. The highest BCUT2D eigenvalue weighted by atomic mass is 16.1. The van der Waals surface area contributed by atoms with E-state index in [4.69, 9.17) is 0 Å². The molecule has 1 aromatic carbocycles. The van der Waals surface area contributed by atoms with Crippen molar-refractivity contribution in [2.45, 2.75) is 6.92 Å². The molecular weight excluding hydrogens is 174 g/mol. The third-order valence-electron chi connectivity index (χ3n) is 2.13. The number of benzene rings is 1. The van der Waals surface area contributed by atoms with Crippen LogP contribution in [-0.4, -0.2) is 4.57 Å². The van der Waals surface area contributed by atoms with Gasteiger partial charge in [0.2, 0.25) is 0 Å². The molecule has 14 heavy (non-hydrogen) atoms. The van der Waals surface area contributed by atoms with Crippen molar-refractivity contribution >= 4 is 0 Å². The molecule has 0 saturated heterocycles. The second-order valence-corrected chi connectivity index (χ2v) is 3.28. The van der Waals surface area contributed by atoms with E-state index in [0.29, 0.717) is 0 Å². The van der Waals surface area contributed by atoms with Gasteiger partial charge in [-0.15, -0.1) is 0 Å². The summed E-state index contributed by atoms with van der Waals surface area (Å²) in [6, 6.07) is 11.3. The molecule has 0 aliphatic heterocycles. The zero-order valence-corrected chi connectivity index (χ0v) is 7.97. The summed E-state index contributed by atoms with van der Waals surface area (Å²) in [7, 11) is 0. The third-order valence-corrected chi connectivity index (χ3v) is 2.13. The van der Waals surface area contributed by atoms with Gasteiger partial charge >= 0.3 is 0 Å². The van der Waals surface area contributed by atoms with Gasteiger partial charge in [-0.3, -0.25) is 4.79 Å². The molecule has 0 N–H and O–H groups in total. The van der Waals surface area contributed by atoms with Gasteiger partial charge in [0.15, 0.2) is 5.43 Å². The van der Waals surface area contributed by atoms with Crippen molar-refractivity contribution in [1.82, 2.24) is 4.57 Å². The quantitative estimate of drug-likeness (QED) is 0.667. The van der Waals surface area contributed by atoms with Crippen molar-refractivity contribution in [3.05, 3.63) is 64.6 Å². The molecule has 0 amide bonds. The molecule has 0 atom stereocenters. The molecule has 0 radical (unpaired) electrons. The lowest BCUT2D eigenvalue weighted by Gasteiger charge is -2.05.